The topological polar surface area (TPSA) is 42.0 Å². The first-order valence-corrected chi connectivity index (χ1v) is 9.85. The van der Waals surface area contributed by atoms with E-state index in [1.165, 1.54) is 33.2 Å². The molecule has 2 aromatic heterocycles. The zero-order valence-electron chi connectivity index (χ0n) is 13.8. The number of benzene rings is 1. The largest absolute Gasteiger partial charge is 0.350 e. The lowest BCUT2D eigenvalue weighted by Crippen LogP contribution is -2.24. The molecule has 3 rings (SSSR count). The molecule has 2 heterocycles. The van der Waals surface area contributed by atoms with E-state index in [1.54, 1.807) is 11.3 Å². The van der Waals surface area contributed by atoms with E-state index in [2.05, 4.69) is 43.4 Å². The van der Waals surface area contributed by atoms with Gasteiger partial charge in [-0.15, -0.1) is 11.3 Å². The van der Waals surface area contributed by atoms with E-state index in [4.69, 9.17) is 4.98 Å². The third-order valence-electron chi connectivity index (χ3n) is 3.85. The predicted octanol–water partition coefficient (Wildman–Crippen LogP) is 4.58. The first kappa shape index (κ1) is 17.0. The molecule has 5 heteroatoms. The molecule has 0 saturated carbocycles. The molecule has 24 heavy (non-hydrogen) atoms. The number of thiophene rings is 1. The third kappa shape index (κ3) is 3.97. The van der Waals surface area contributed by atoms with Crippen LogP contribution in [0.15, 0.2) is 46.8 Å². The molecule has 0 fully saturated rings. The lowest BCUT2D eigenvalue weighted by molar-refractivity contribution is -0.118. The van der Waals surface area contributed by atoms with Gasteiger partial charge >= 0.3 is 0 Å². The van der Waals surface area contributed by atoms with Gasteiger partial charge in [-0.2, -0.15) is 0 Å². The fourth-order valence-electron chi connectivity index (χ4n) is 2.54. The van der Waals surface area contributed by atoms with Crippen molar-refractivity contribution in [1.29, 1.82) is 0 Å². The van der Waals surface area contributed by atoms with Gasteiger partial charge in [0, 0.05) is 10.3 Å². The van der Waals surface area contributed by atoms with Gasteiger partial charge in [-0.1, -0.05) is 43.0 Å². The van der Waals surface area contributed by atoms with Crippen molar-refractivity contribution < 1.29 is 4.79 Å². The van der Waals surface area contributed by atoms with Gasteiger partial charge in [0.05, 0.1) is 17.8 Å². The molecular weight excluding hydrogens is 336 g/mol. The summed E-state index contributed by atoms with van der Waals surface area (Å²) in [6.07, 6.45) is 0.913. The molecule has 0 radical (unpaired) electrons. The molecule has 0 bridgehead atoms. The number of amides is 1. The molecule has 3 aromatic rings. The van der Waals surface area contributed by atoms with Crippen molar-refractivity contribution in [1.82, 2.24) is 10.3 Å². The number of carbonyl (C=O) groups excluding carboxylic acids is 1. The van der Waals surface area contributed by atoms with Crippen LogP contribution in [0, 0.1) is 6.92 Å². The number of rotatable bonds is 6. The second-order valence-electron chi connectivity index (χ2n) is 5.60. The Morgan fingerprint density at radius 1 is 1.29 bits per heavy atom. The van der Waals surface area contributed by atoms with Gasteiger partial charge in [-0.05, 0) is 42.0 Å². The van der Waals surface area contributed by atoms with Crippen LogP contribution in [0.2, 0.25) is 0 Å². The Hall–Kier alpha value is -1.85. The van der Waals surface area contributed by atoms with Crippen LogP contribution in [0.4, 0.5) is 0 Å². The molecular formula is C19H20N2OS2. The van der Waals surface area contributed by atoms with E-state index in [0.29, 0.717) is 12.3 Å². The van der Waals surface area contributed by atoms with Gasteiger partial charge in [0.1, 0.15) is 5.03 Å². The average molecular weight is 357 g/mol. The van der Waals surface area contributed by atoms with Crippen LogP contribution < -0.4 is 5.32 Å². The van der Waals surface area contributed by atoms with E-state index in [9.17, 15) is 4.79 Å². The fraction of sp³-hybridized carbons (Fsp3) is 0.263. The Kier molecular flexibility index (Phi) is 5.53. The van der Waals surface area contributed by atoms with Crippen molar-refractivity contribution in [3.63, 3.8) is 0 Å². The van der Waals surface area contributed by atoms with Gasteiger partial charge in [0.15, 0.2) is 0 Å². The Balaban J connectivity index is 1.69. The van der Waals surface area contributed by atoms with Crippen molar-refractivity contribution in [2.75, 3.05) is 5.75 Å². The van der Waals surface area contributed by atoms with Gasteiger partial charge in [0.2, 0.25) is 5.91 Å². The molecule has 1 amide bonds. The highest BCUT2D eigenvalue weighted by Gasteiger charge is 2.10. The molecule has 0 atom stereocenters. The Morgan fingerprint density at radius 3 is 2.92 bits per heavy atom. The maximum absolute atomic E-state index is 12.1. The number of hydrogen-bond donors (Lipinski definition) is 1. The molecule has 1 N–H and O–H groups in total. The zero-order valence-corrected chi connectivity index (χ0v) is 15.5. The molecule has 0 aliphatic rings. The van der Waals surface area contributed by atoms with Crippen LogP contribution >= 0.6 is 23.1 Å². The number of nitrogens with zero attached hydrogens (tertiary/aromatic N) is 1. The molecule has 1 aromatic carbocycles. The molecule has 0 spiro atoms. The van der Waals surface area contributed by atoms with E-state index < -0.39 is 0 Å². The highest BCUT2D eigenvalue weighted by Crippen LogP contribution is 2.27. The second kappa shape index (κ2) is 7.81. The number of aromatic nitrogens is 1. The number of aryl methyl sites for hydroxylation is 2. The molecule has 0 unspecified atom stereocenters. The van der Waals surface area contributed by atoms with E-state index in [1.807, 2.05) is 17.5 Å². The number of nitrogens with one attached hydrogen (secondary N) is 1. The standard InChI is InChI=1S/C19H20N2OS2/c1-3-14-10-15-7-4-6-13(2)18(15)21-19(14)24-12-17(22)20-11-16-8-5-9-23-16/h4-10H,3,11-12H2,1-2H3,(H,20,22). The van der Waals surface area contributed by atoms with Gasteiger partial charge in [0.25, 0.3) is 0 Å². The van der Waals surface area contributed by atoms with Crippen LogP contribution in [0.25, 0.3) is 10.9 Å². The van der Waals surface area contributed by atoms with Crippen molar-refractivity contribution >= 4 is 39.9 Å². The van der Waals surface area contributed by atoms with Crippen molar-refractivity contribution in [3.8, 4) is 0 Å². The number of para-hydroxylation sites is 1. The quantitative estimate of drug-likeness (QED) is 0.658. The Morgan fingerprint density at radius 2 is 2.17 bits per heavy atom. The maximum atomic E-state index is 12.1. The van der Waals surface area contributed by atoms with Gasteiger partial charge in [-0.3, -0.25) is 4.79 Å². The minimum Gasteiger partial charge on any atom is -0.350 e. The molecule has 0 aliphatic carbocycles. The molecule has 0 saturated heterocycles. The predicted molar refractivity (Wildman–Crippen MR) is 103 cm³/mol. The number of hydrogen-bond acceptors (Lipinski definition) is 4. The summed E-state index contributed by atoms with van der Waals surface area (Å²) in [4.78, 5) is 18.1. The second-order valence-corrected chi connectivity index (χ2v) is 7.59. The van der Waals surface area contributed by atoms with Crippen LogP contribution in [0.1, 0.15) is 22.9 Å². The highest BCUT2D eigenvalue weighted by molar-refractivity contribution is 7.99. The van der Waals surface area contributed by atoms with Crippen LogP contribution in [-0.4, -0.2) is 16.6 Å². The molecule has 3 nitrogen and oxygen atoms in total. The van der Waals surface area contributed by atoms with Crippen molar-refractivity contribution in [3.05, 3.63) is 57.8 Å². The first-order chi connectivity index (χ1) is 11.7. The summed E-state index contributed by atoms with van der Waals surface area (Å²) in [6, 6.07) is 12.4. The third-order valence-corrected chi connectivity index (χ3v) is 5.76. The lowest BCUT2D eigenvalue weighted by Gasteiger charge is -2.10. The average Bonchev–Trinajstić information content (AvgIpc) is 3.11. The first-order valence-electron chi connectivity index (χ1n) is 7.98. The molecule has 0 aliphatic heterocycles. The lowest BCUT2D eigenvalue weighted by atomic mass is 10.1. The number of thioether (sulfide) groups is 1. The highest BCUT2D eigenvalue weighted by atomic mass is 32.2. The molecule has 124 valence electrons. The van der Waals surface area contributed by atoms with Crippen LogP contribution in [0.3, 0.4) is 0 Å². The maximum Gasteiger partial charge on any atom is 0.230 e. The fourth-order valence-corrected chi connectivity index (χ4v) is 4.09. The number of pyridine rings is 1. The number of fused-ring (bicyclic) bond motifs is 1. The minimum absolute atomic E-state index is 0.0436. The van der Waals surface area contributed by atoms with E-state index in [-0.39, 0.29) is 5.91 Å². The zero-order chi connectivity index (χ0) is 16.9. The van der Waals surface area contributed by atoms with Crippen LogP contribution in [0.5, 0.6) is 0 Å². The summed E-state index contributed by atoms with van der Waals surface area (Å²) in [5.41, 5.74) is 3.39. The van der Waals surface area contributed by atoms with E-state index >= 15 is 0 Å². The minimum atomic E-state index is 0.0436. The summed E-state index contributed by atoms with van der Waals surface area (Å²) < 4.78 is 0. The van der Waals surface area contributed by atoms with Crippen LogP contribution in [-0.2, 0) is 17.8 Å². The normalized spacial score (nSPS) is 10.9. The summed E-state index contributed by atoms with van der Waals surface area (Å²) in [5.74, 6) is 0.435. The summed E-state index contributed by atoms with van der Waals surface area (Å²) in [7, 11) is 0. The van der Waals surface area contributed by atoms with Gasteiger partial charge < -0.3 is 5.32 Å². The Labute approximate surface area is 150 Å². The van der Waals surface area contributed by atoms with Crippen molar-refractivity contribution in [2.24, 2.45) is 0 Å². The van der Waals surface area contributed by atoms with E-state index in [0.717, 1.165) is 17.0 Å². The smallest absolute Gasteiger partial charge is 0.230 e. The summed E-state index contributed by atoms with van der Waals surface area (Å²) in [5, 5.41) is 7.11. The van der Waals surface area contributed by atoms with Crippen molar-refractivity contribution in [2.45, 2.75) is 31.8 Å². The number of carbonyl (C=O) groups is 1. The summed E-state index contributed by atoms with van der Waals surface area (Å²) >= 11 is 3.18. The SMILES string of the molecule is CCc1cc2cccc(C)c2nc1SCC(=O)NCc1cccs1. The Bertz CT molecular complexity index is 844. The van der Waals surface area contributed by atoms with Gasteiger partial charge in [-0.25, -0.2) is 4.98 Å². The monoisotopic (exact) mass is 356 g/mol. The summed E-state index contributed by atoms with van der Waals surface area (Å²) in [6.45, 7) is 4.80.